The van der Waals surface area contributed by atoms with Gasteiger partial charge in [0.1, 0.15) is 5.60 Å². The highest BCUT2D eigenvalue weighted by atomic mass is 32.2. The summed E-state index contributed by atoms with van der Waals surface area (Å²) < 4.78 is 11.5. The molecule has 0 amide bonds. The van der Waals surface area contributed by atoms with Gasteiger partial charge in [-0.3, -0.25) is 9.59 Å². The van der Waals surface area contributed by atoms with Crippen molar-refractivity contribution in [3.8, 4) is 11.1 Å². The van der Waals surface area contributed by atoms with Crippen LogP contribution in [0.1, 0.15) is 65.4 Å². The number of carbonyl (C=O) groups excluding carboxylic acids is 2. The Morgan fingerprint density at radius 1 is 0.872 bits per heavy atom. The van der Waals surface area contributed by atoms with Crippen molar-refractivity contribution in [3.05, 3.63) is 54.1 Å². The van der Waals surface area contributed by atoms with E-state index in [1.807, 2.05) is 20.8 Å². The lowest BCUT2D eigenvalue weighted by Gasteiger charge is -2.26. The number of rotatable bonds is 15. The summed E-state index contributed by atoms with van der Waals surface area (Å²) >= 11 is 1.74. The van der Waals surface area contributed by atoms with Gasteiger partial charge < -0.3 is 9.47 Å². The minimum absolute atomic E-state index is 0.177. The van der Waals surface area contributed by atoms with E-state index in [1.54, 1.807) is 11.8 Å². The van der Waals surface area contributed by atoms with E-state index in [9.17, 15) is 9.59 Å². The summed E-state index contributed by atoms with van der Waals surface area (Å²) in [4.78, 5) is 27.6. The summed E-state index contributed by atoms with van der Waals surface area (Å²) in [6, 6.07) is 18.1. The van der Waals surface area contributed by atoms with Crippen molar-refractivity contribution in [2.24, 2.45) is 11.8 Å². The van der Waals surface area contributed by atoms with Crippen LogP contribution in [0.4, 0.5) is 0 Å². The third-order valence-electron chi connectivity index (χ3n) is 6.80. The van der Waals surface area contributed by atoms with Crippen molar-refractivity contribution in [2.75, 3.05) is 12.9 Å². The van der Waals surface area contributed by atoms with Crippen LogP contribution in [-0.2, 0) is 25.5 Å². The lowest BCUT2D eigenvalue weighted by molar-refractivity contribution is -0.162. The fourth-order valence-corrected chi connectivity index (χ4v) is 5.53. The van der Waals surface area contributed by atoms with Crippen molar-refractivity contribution >= 4 is 31.8 Å². The standard InChI is InChI=1S/C33H50O4SSi/c1-9-10-11-28(32(35)37-33(2,3)4)24-29(31(34)36-22-23-39(6,7)8)17-14-25-12-15-26(16-13-25)27-18-20-30(38-5)21-19-27/h12-13,15-16,18-21,28-29H,9-11,14,17,22-24H2,1-8H3/t28-,29+/m0/s1. The number of hydrogen-bond donors (Lipinski definition) is 0. The van der Waals surface area contributed by atoms with Crippen LogP contribution in [0.2, 0.25) is 25.7 Å². The molecule has 39 heavy (non-hydrogen) atoms. The van der Waals surface area contributed by atoms with Crippen LogP contribution in [-0.4, -0.2) is 38.5 Å². The normalized spacial score (nSPS) is 13.5. The van der Waals surface area contributed by atoms with Crippen LogP contribution in [0.15, 0.2) is 53.4 Å². The number of ether oxygens (including phenoxy) is 2. The molecule has 0 unspecified atom stereocenters. The first-order valence-corrected chi connectivity index (χ1v) is 19.4. The smallest absolute Gasteiger partial charge is 0.309 e. The van der Waals surface area contributed by atoms with Crippen molar-refractivity contribution in [2.45, 2.75) is 102 Å². The number of benzene rings is 2. The summed E-state index contributed by atoms with van der Waals surface area (Å²) in [5.41, 5.74) is 3.01. The molecular formula is C33H50O4SSi. The Hall–Kier alpha value is -2.05. The molecule has 0 spiro atoms. The molecule has 0 heterocycles. The third kappa shape index (κ3) is 12.8. The van der Waals surface area contributed by atoms with Gasteiger partial charge in [0.25, 0.3) is 0 Å². The molecule has 2 atom stereocenters. The van der Waals surface area contributed by atoms with Crippen molar-refractivity contribution in [1.82, 2.24) is 0 Å². The molecule has 0 radical (unpaired) electrons. The summed E-state index contributed by atoms with van der Waals surface area (Å²) in [6.45, 7) is 15.1. The largest absolute Gasteiger partial charge is 0.466 e. The molecule has 6 heteroatoms. The van der Waals surface area contributed by atoms with Gasteiger partial charge in [-0.1, -0.05) is 75.8 Å². The lowest BCUT2D eigenvalue weighted by Crippen LogP contribution is -2.32. The van der Waals surface area contributed by atoms with Gasteiger partial charge in [-0.05, 0) is 87.6 Å². The topological polar surface area (TPSA) is 52.6 Å². The minimum Gasteiger partial charge on any atom is -0.466 e. The van der Waals surface area contributed by atoms with E-state index >= 15 is 0 Å². The number of thioether (sulfide) groups is 1. The van der Waals surface area contributed by atoms with Crippen LogP contribution < -0.4 is 0 Å². The quantitative estimate of drug-likeness (QED) is 0.121. The molecule has 216 valence electrons. The molecular weight excluding hydrogens is 521 g/mol. The van der Waals surface area contributed by atoms with Gasteiger partial charge >= 0.3 is 11.9 Å². The number of hydrogen-bond acceptors (Lipinski definition) is 5. The molecule has 0 aliphatic carbocycles. The second-order valence-corrected chi connectivity index (χ2v) is 19.2. The molecule has 2 aromatic carbocycles. The van der Waals surface area contributed by atoms with Gasteiger partial charge in [0.15, 0.2) is 0 Å². The fraction of sp³-hybridized carbons (Fsp3) is 0.576. The second-order valence-electron chi connectivity index (χ2n) is 12.7. The van der Waals surface area contributed by atoms with E-state index in [1.165, 1.54) is 21.6 Å². The molecule has 0 aliphatic heterocycles. The maximum Gasteiger partial charge on any atom is 0.309 e. The maximum absolute atomic E-state index is 13.3. The van der Waals surface area contributed by atoms with Crippen molar-refractivity contribution in [1.29, 1.82) is 0 Å². The first-order chi connectivity index (χ1) is 18.3. The molecule has 0 N–H and O–H groups in total. The van der Waals surface area contributed by atoms with Crippen LogP contribution in [0.3, 0.4) is 0 Å². The molecule has 2 rings (SSSR count). The highest BCUT2D eigenvalue weighted by Crippen LogP contribution is 2.28. The number of carbonyl (C=O) groups is 2. The second kappa shape index (κ2) is 15.7. The molecule has 0 saturated carbocycles. The SMILES string of the molecule is CCCC[C@@H](C[C@@H](CCc1ccc(-c2ccc(SC)cc2)cc1)C(=O)OCC[Si](C)(C)C)C(=O)OC(C)(C)C. The predicted octanol–water partition coefficient (Wildman–Crippen LogP) is 9.04. The highest BCUT2D eigenvalue weighted by molar-refractivity contribution is 7.98. The average molecular weight is 571 g/mol. The Bertz CT molecular complexity index is 1020. The van der Waals surface area contributed by atoms with Crippen molar-refractivity contribution in [3.63, 3.8) is 0 Å². The Balaban J connectivity index is 2.15. The maximum atomic E-state index is 13.3. The highest BCUT2D eigenvalue weighted by Gasteiger charge is 2.31. The Labute approximate surface area is 242 Å². The van der Waals surface area contributed by atoms with E-state index < -0.39 is 13.7 Å². The first kappa shape index (κ1) is 33.2. The van der Waals surface area contributed by atoms with Gasteiger partial charge in [-0.15, -0.1) is 11.8 Å². The summed E-state index contributed by atoms with van der Waals surface area (Å²) in [5.74, 6) is -1.01. The fourth-order valence-electron chi connectivity index (χ4n) is 4.41. The molecule has 0 aliphatic rings. The predicted molar refractivity (Wildman–Crippen MR) is 168 cm³/mol. The Kier molecular flexibility index (Phi) is 13.3. The first-order valence-electron chi connectivity index (χ1n) is 14.4. The van der Waals surface area contributed by atoms with E-state index in [4.69, 9.17) is 9.47 Å². The minimum atomic E-state index is -1.32. The number of unbranched alkanes of at least 4 members (excludes halogenated alkanes) is 1. The number of aryl methyl sites for hydroxylation is 1. The van der Waals surface area contributed by atoms with Crippen LogP contribution in [0.5, 0.6) is 0 Å². The lowest BCUT2D eigenvalue weighted by atomic mass is 9.86. The third-order valence-corrected chi connectivity index (χ3v) is 9.25. The van der Waals surface area contributed by atoms with Crippen LogP contribution >= 0.6 is 11.8 Å². The van der Waals surface area contributed by atoms with Gasteiger partial charge in [-0.2, -0.15) is 0 Å². The molecule has 0 fully saturated rings. The van der Waals surface area contributed by atoms with Gasteiger partial charge in [-0.25, -0.2) is 0 Å². The van der Waals surface area contributed by atoms with Gasteiger partial charge in [0, 0.05) is 13.0 Å². The zero-order valence-electron chi connectivity index (χ0n) is 25.5. The van der Waals surface area contributed by atoms with E-state index in [-0.39, 0.29) is 23.8 Å². The monoisotopic (exact) mass is 570 g/mol. The van der Waals surface area contributed by atoms with Crippen LogP contribution in [0, 0.1) is 11.8 Å². The summed E-state index contributed by atoms with van der Waals surface area (Å²) in [5, 5.41) is 0. The summed E-state index contributed by atoms with van der Waals surface area (Å²) in [6.07, 6.45) is 6.62. The van der Waals surface area contributed by atoms with E-state index in [2.05, 4.69) is 81.4 Å². The van der Waals surface area contributed by atoms with Crippen LogP contribution in [0.25, 0.3) is 11.1 Å². The van der Waals surface area contributed by atoms with Gasteiger partial charge in [0.2, 0.25) is 0 Å². The average Bonchev–Trinajstić information content (AvgIpc) is 2.86. The van der Waals surface area contributed by atoms with Gasteiger partial charge in [0.05, 0.1) is 18.4 Å². The van der Waals surface area contributed by atoms with Crippen molar-refractivity contribution < 1.29 is 19.1 Å². The molecule has 0 saturated heterocycles. The number of esters is 2. The summed E-state index contributed by atoms with van der Waals surface area (Å²) in [7, 11) is -1.32. The molecule has 4 nitrogen and oxygen atoms in total. The van der Waals surface area contributed by atoms with E-state index in [0.29, 0.717) is 19.4 Å². The molecule has 2 aromatic rings. The zero-order valence-corrected chi connectivity index (χ0v) is 27.3. The Morgan fingerprint density at radius 2 is 1.44 bits per heavy atom. The molecule has 0 bridgehead atoms. The zero-order chi connectivity index (χ0) is 29.1. The van der Waals surface area contributed by atoms with E-state index in [0.717, 1.165) is 31.7 Å². The molecule has 0 aromatic heterocycles. The Morgan fingerprint density at radius 3 is 1.95 bits per heavy atom.